The lowest BCUT2D eigenvalue weighted by Crippen LogP contribution is -2.52. The Morgan fingerprint density at radius 3 is 2.37 bits per heavy atom. The van der Waals surface area contributed by atoms with Crippen LogP contribution in [-0.4, -0.2) is 45.1 Å². The minimum atomic E-state index is -1.19. The molecule has 0 aliphatic heterocycles. The molecule has 2 amide bonds. The highest BCUT2D eigenvalue weighted by atomic mass is 35.5. The largest absolute Gasteiger partial charge is 0.481 e. The molecule has 2 rings (SSSR count). The molecule has 0 aliphatic rings. The van der Waals surface area contributed by atoms with E-state index in [4.69, 9.17) is 22.1 Å². The molecular formula is C20H26ClN3O5S. The Morgan fingerprint density at radius 2 is 1.83 bits per heavy atom. The maximum absolute atomic E-state index is 13.2. The Morgan fingerprint density at radius 1 is 1.20 bits per heavy atom. The van der Waals surface area contributed by atoms with Gasteiger partial charge in [0.1, 0.15) is 11.0 Å². The molecule has 3 atom stereocenters. The first-order valence-electron chi connectivity index (χ1n) is 9.52. The number of imide groups is 1. The summed E-state index contributed by atoms with van der Waals surface area (Å²) in [5.41, 5.74) is 6.58. The van der Waals surface area contributed by atoms with Crippen molar-refractivity contribution in [2.24, 2.45) is 17.6 Å². The highest BCUT2D eigenvalue weighted by Gasteiger charge is 2.43. The van der Waals surface area contributed by atoms with E-state index < -0.39 is 42.1 Å². The number of amides is 2. The summed E-state index contributed by atoms with van der Waals surface area (Å²) in [5, 5.41) is 10.5. The first-order valence-corrected chi connectivity index (χ1v) is 10.7. The van der Waals surface area contributed by atoms with E-state index in [-0.39, 0.29) is 10.9 Å². The van der Waals surface area contributed by atoms with E-state index in [9.17, 15) is 19.5 Å². The van der Waals surface area contributed by atoms with Gasteiger partial charge in [0.05, 0.1) is 28.3 Å². The van der Waals surface area contributed by atoms with Crippen LogP contribution in [0.15, 0.2) is 18.2 Å². The number of nitrogens with zero attached hydrogens (tertiary/aromatic N) is 2. The second-order valence-electron chi connectivity index (χ2n) is 7.65. The van der Waals surface area contributed by atoms with Crippen molar-refractivity contribution in [1.29, 1.82) is 0 Å². The van der Waals surface area contributed by atoms with Gasteiger partial charge in [-0.3, -0.25) is 9.59 Å². The summed E-state index contributed by atoms with van der Waals surface area (Å²) in [7, 11) is 0. The highest BCUT2D eigenvalue weighted by molar-refractivity contribution is 7.18. The summed E-state index contributed by atoms with van der Waals surface area (Å²) in [4.78, 5) is 43.3. The van der Waals surface area contributed by atoms with Crippen LogP contribution in [0.3, 0.4) is 0 Å². The smallest absolute Gasteiger partial charge is 0.417 e. The van der Waals surface area contributed by atoms with E-state index in [1.165, 1.54) is 18.3 Å². The molecule has 0 spiro atoms. The fraction of sp³-hybridized carbons (Fsp3) is 0.500. The number of hydrogen-bond donors (Lipinski definition) is 2. The Kier molecular flexibility index (Phi) is 7.79. The number of carbonyl (C=O) groups is 3. The number of carboxylic acids is 1. The summed E-state index contributed by atoms with van der Waals surface area (Å²) in [6.07, 6.45) is -1.47. The second-order valence-corrected chi connectivity index (χ2v) is 9.15. The third kappa shape index (κ3) is 5.27. The third-order valence-corrected chi connectivity index (χ3v) is 5.88. The zero-order valence-corrected chi connectivity index (χ0v) is 19.0. The van der Waals surface area contributed by atoms with Crippen LogP contribution in [0.2, 0.25) is 5.02 Å². The number of aliphatic carboxylic acids is 1. The van der Waals surface area contributed by atoms with Gasteiger partial charge in [0.2, 0.25) is 5.91 Å². The number of benzene rings is 1. The number of halogens is 1. The number of aromatic nitrogens is 1. The van der Waals surface area contributed by atoms with Crippen LogP contribution < -0.4 is 5.73 Å². The van der Waals surface area contributed by atoms with Gasteiger partial charge in [-0.1, -0.05) is 25.4 Å². The van der Waals surface area contributed by atoms with Gasteiger partial charge < -0.3 is 15.6 Å². The molecule has 3 N–H and O–H groups in total. The maximum Gasteiger partial charge on any atom is 0.417 e. The molecular weight excluding hydrogens is 430 g/mol. The van der Waals surface area contributed by atoms with E-state index in [1.54, 1.807) is 45.9 Å². The topological polar surface area (TPSA) is 123 Å². The van der Waals surface area contributed by atoms with Crippen molar-refractivity contribution in [2.45, 2.75) is 52.8 Å². The zero-order valence-electron chi connectivity index (χ0n) is 17.5. The Hall–Kier alpha value is -2.23. The van der Waals surface area contributed by atoms with Gasteiger partial charge in [-0.15, -0.1) is 11.3 Å². The van der Waals surface area contributed by atoms with Gasteiger partial charge in [0.15, 0.2) is 0 Å². The molecule has 0 radical (unpaired) electrons. The van der Waals surface area contributed by atoms with Gasteiger partial charge in [-0.25, -0.2) is 14.7 Å². The third-order valence-electron chi connectivity index (χ3n) is 4.53. The zero-order chi connectivity index (χ0) is 22.7. The van der Waals surface area contributed by atoms with Crippen LogP contribution in [0.4, 0.5) is 4.79 Å². The number of fused-ring (bicyclic) bond motifs is 1. The number of carboxylic acid groups (broad SMARTS) is 1. The average Bonchev–Trinajstić information content (AvgIpc) is 3.05. The monoisotopic (exact) mass is 455 g/mol. The number of hydrogen-bond acceptors (Lipinski definition) is 7. The fourth-order valence-corrected chi connectivity index (χ4v) is 4.08. The Balaban J connectivity index is 2.66. The fourth-order valence-electron chi connectivity index (χ4n) is 2.77. The summed E-state index contributed by atoms with van der Waals surface area (Å²) in [6.45, 7) is 8.17. The summed E-state index contributed by atoms with van der Waals surface area (Å²) in [6, 6.07) is 2.86. The van der Waals surface area contributed by atoms with Crippen molar-refractivity contribution < 1.29 is 24.2 Å². The maximum atomic E-state index is 13.2. The SMILES string of the molecule is CC(C)OC(=O)N(C(=O)[C@@H](N)C(C)C)C(c1nc2cc(Cl)ccc2s1)C(C)C(=O)O. The van der Waals surface area contributed by atoms with E-state index >= 15 is 0 Å². The normalized spacial score (nSPS) is 14.6. The van der Waals surface area contributed by atoms with E-state index in [0.29, 0.717) is 10.5 Å². The molecule has 0 saturated carbocycles. The summed E-state index contributed by atoms with van der Waals surface area (Å²) < 4.78 is 6.01. The van der Waals surface area contributed by atoms with E-state index in [2.05, 4.69) is 4.98 Å². The molecule has 30 heavy (non-hydrogen) atoms. The number of rotatable bonds is 7. The number of carbonyl (C=O) groups excluding carboxylic acids is 2. The average molecular weight is 456 g/mol. The van der Waals surface area contributed by atoms with Crippen LogP contribution in [0.25, 0.3) is 10.2 Å². The number of ether oxygens (including phenoxy) is 1. The van der Waals surface area contributed by atoms with Crippen LogP contribution >= 0.6 is 22.9 Å². The molecule has 10 heteroatoms. The van der Waals surface area contributed by atoms with Gasteiger partial charge in [-0.2, -0.15) is 0 Å². The van der Waals surface area contributed by atoms with Gasteiger partial charge >= 0.3 is 12.1 Å². The van der Waals surface area contributed by atoms with Crippen molar-refractivity contribution in [3.05, 3.63) is 28.2 Å². The van der Waals surface area contributed by atoms with Crippen molar-refractivity contribution in [1.82, 2.24) is 9.88 Å². The van der Waals surface area contributed by atoms with Gasteiger partial charge in [0.25, 0.3) is 0 Å². The quantitative estimate of drug-likeness (QED) is 0.644. The molecule has 1 aromatic heterocycles. The number of thiazole rings is 1. The molecule has 0 saturated heterocycles. The predicted octanol–water partition coefficient (Wildman–Crippen LogP) is 4.07. The Labute approximate surface area is 184 Å². The predicted molar refractivity (Wildman–Crippen MR) is 115 cm³/mol. The molecule has 1 aromatic carbocycles. The second kappa shape index (κ2) is 9.72. The first kappa shape index (κ1) is 24.0. The first-order chi connectivity index (χ1) is 13.9. The van der Waals surface area contributed by atoms with Gasteiger partial charge in [0, 0.05) is 5.02 Å². The van der Waals surface area contributed by atoms with Crippen molar-refractivity contribution in [2.75, 3.05) is 0 Å². The van der Waals surface area contributed by atoms with Crippen LogP contribution in [0.5, 0.6) is 0 Å². The Bertz CT molecular complexity index is 946. The van der Waals surface area contributed by atoms with E-state index in [0.717, 1.165) is 9.60 Å². The molecule has 0 bridgehead atoms. The molecule has 2 unspecified atom stereocenters. The van der Waals surface area contributed by atoms with Crippen molar-refractivity contribution in [3.63, 3.8) is 0 Å². The van der Waals surface area contributed by atoms with Crippen molar-refractivity contribution >= 4 is 51.1 Å². The lowest BCUT2D eigenvalue weighted by molar-refractivity contribution is -0.146. The number of nitrogens with two attached hydrogens (primary N) is 1. The van der Waals surface area contributed by atoms with Gasteiger partial charge in [-0.05, 0) is 44.9 Å². The van der Waals surface area contributed by atoms with Crippen LogP contribution in [0.1, 0.15) is 45.7 Å². The van der Waals surface area contributed by atoms with E-state index in [1.807, 2.05) is 0 Å². The summed E-state index contributed by atoms with van der Waals surface area (Å²) >= 11 is 7.22. The standard InChI is InChI=1S/C20H26ClN3O5S/c1-9(2)15(22)18(25)24(20(28)29-10(3)4)16(11(5)19(26)27)17-23-13-8-12(21)6-7-14(13)30-17/h6-11,15-16H,22H2,1-5H3,(H,26,27)/t11?,15-,16?/m0/s1. The molecule has 164 valence electrons. The molecule has 2 aromatic rings. The minimum Gasteiger partial charge on any atom is -0.481 e. The molecule has 1 heterocycles. The summed E-state index contributed by atoms with van der Waals surface area (Å²) in [5.74, 6) is -3.33. The molecule has 8 nitrogen and oxygen atoms in total. The van der Waals surface area contributed by atoms with Crippen LogP contribution in [0, 0.1) is 11.8 Å². The lowest BCUT2D eigenvalue weighted by Gasteiger charge is -2.33. The molecule has 0 aliphatic carbocycles. The minimum absolute atomic E-state index is 0.276. The van der Waals surface area contributed by atoms with Crippen molar-refractivity contribution in [3.8, 4) is 0 Å². The van der Waals surface area contributed by atoms with Crippen LogP contribution in [-0.2, 0) is 14.3 Å². The molecule has 0 fully saturated rings. The highest BCUT2D eigenvalue weighted by Crippen LogP contribution is 2.36. The lowest BCUT2D eigenvalue weighted by atomic mass is 9.98.